The Morgan fingerprint density at radius 3 is 2.64 bits per heavy atom. The highest BCUT2D eigenvalue weighted by Gasteiger charge is 2.30. The lowest BCUT2D eigenvalue weighted by atomic mass is 9.85. The molecule has 0 bridgehead atoms. The van der Waals surface area contributed by atoms with Gasteiger partial charge in [-0.2, -0.15) is 4.98 Å². The number of primary amides is 1. The Bertz CT molecular complexity index is 1260. The van der Waals surface area contributed by atoms with Crippen LogP contribution < -0.4 is 16.4 Å². The Balaban J connectivity index is 1.53. The summed E-state index contributed by atoms with van der Waals surface area (Å²) in [5, 5.41) is 5.77. The molecule has 1 aliphatic heterocycles. The van der Waals surface area contributed by atoms with Crippen LogP contribution in [0.1, 0.15) is 38.1 Å². The highest BCUT2D eigenvalue weighted by Crippen LogP contribution is 2.38. The van der Waals surface area contributed by atoms with Crippen LogP contribution in [0.25, 0.3) is 11.2 Å². The van der Waals surface area contributed by atoms with Crippen molar-refractivity contribution >= 4 is 46.3 Å². The number of alkyl halides is 1. The van der Waals surface area contributed by atoms with Gasteiger partial charge in [0.25, 0.3) is 0 Å². The summed E-state index contributed by atoms with van der Waals surface area (Å²) in [6, 6.07) is 1.09. The third-order valence-corrected chi connectivity index (χ3v) is 7.04. The zero-order valence-corrected chi connectivity index (χ0v) is 19.9. The number of carbonyl (C=O) groups is 1. The molecule has 1 amide bonds. The minimum absolute atomic E-state index is 0.000983. The number of amides is 1. The van der Waals surface area contributed by atoms with Crippen LogP contribution in [0.2, 0.25) is 5.02 Å². The predicted octanol–water partition coefficient (Wildman–Crippen LogP) is 4.26. The normalized spacial score (nSPS) is 24.6. The van der Waals surface area contributed by atoms with Crippen molar-refractivity contribution < 1.29 is 22.7 Å². The molecule has 2 aliphatic rings. The van der Waals surface area contributed by atoms with Gasteiger partial charge in [-0.3, -0.25) is 9.36 Å². The van der Waals surface area contributed by atoms with Crippen molar-refractivity contribution in [1.82, 2.24) is 19.5 Å². The number of nitrogens with one attached hydrogen (secondary N) is 2. The van der Waals surface area contributed by atoms with Crippen LogP contribution in [-0.4, -0.2) is 50.9 Å². The lowest BCUT2D eigenvalue weighted by molar-refractivity contribution is -0.122. The van der Waals surface area contributed by atoms with Crippen molar-refractivity contribution in [2.24, 2.45) is 11.7 Å². The van der Waals surface area contributed by atoms with Crippen molar-refractivity contribution in [2.75, 3.05) is 23.8 Å². The third-order valence-electron chi connectivity index (χ3n) is 6.74. The molecule has 1 aromatic carbocycles. The first-order chi connectivity index (χ1) is 17.3. The average Bonchev–Trinajstić information content (AvgIpc) is 3.20. The second kappa shape index (κ2) is 10.1. The van der Waals surface area contributed by atoms with Gasteiger partial charge < -0.3 is 21.1 Å². The fourth-order valence-corrected chi connectivity index (χ4v) is 5.06. The van der Waals surface area contributed by atoms with Crippen molar-refractivity contribution in [2.45, 2.75) is 50.4 Å². The SMILES string of the molecule is NC(=O)C1CCC(n2c(Nc3c(F)cc(F)cc3Cl)nc3cnc(N[C@H]4CCOC[C@H]4F)nc32)CC1. The number of carbonyl (C=O) groups excluding carboxylic acids is 1. The van der Waals surface area contributed by atoms with Crippen LogP contribution >= 0.6 is 11.6 Å². The molecular weight excluding hydrogens is 499 g/mol. The lowest BCUT2D eigenvalue weighted by Gasteiger charge is -2.29. The Morgan fingerprint density at radius 1 is 1.17 bits per heavy atom. The molecule has 4 N–H and O–H groups in total. The number of imidazole rings is 1. The molecule has 2 fully saturated rings. The van der Waals surface area contributed by atoms with Gasteiger partial charge in [-0.05, 0) is 38.2 Å². The maximum atomic E-state index is 14.6. The summed E-state index contributed by atoms with van der Waals surface area (Å²) in [6.45, 7) is 0.429. The number of ether oxygens (including phenoxy) is 1. The van der Waals surface area contributed by atoms with Gasteiger partial charge in [-0.25, -0.2) is 23.1 Å². The Hall–Kier alpha value is -3.12. The van der Waals surface area contributed by atoms with Crippen LogP contribution in [0.5, 0.6) is 0 Å². The second-order valence-corrected chi connectivity index (χ2v) is 9.52. The number of aromatic nitrogens is 4. The number of anilines is 3. The topological polar surface area (TPSA) is 120 Å². The van der Waals surface area contributed by atoms with Crippen LogP contribution in [-0.2, 0) is 9.53 Å². The highest BCUT2D eigenvalue weighted by molar-refractivity contribution is 6.33. The molecule has 9 nitrogen and oxygen atoms in total. The Morgan fingerprint density at radius 2 is 1.94 bits per heavy atom. The molecule has 0 unspecified atom stereocenters. The number of benzene rings is 1. The van der Waals surface area contributed by atoms with E-state index in [-0.39, 0.29) is 47.1 Å². The maximum absolute atomic E-state index is 14.6. The second-order valence-electron chi connectivity index (χ2n) is 9.12. The summed E-state index contributed by atoms with van der Waals surface area (Å²) < 4.78 is 49.4. The smallest absolute Gasteiger partial charge is 0.225 e. The molecule has 36 heavy (non-hydrogen) atoms. The van der Waals surface area contributed by atoms with Gasteiger partial charge in [-0.15, -0.1) is 0 Å². The number of hydrogen-bond donors (Lipinski definition) is 3. The van der Waals surface area contributed by atoms with Crippen LogP contribution in [0.4, 0.5) is 30.8 Å². The number of rotatable bonds is 6. The first kappa shape index (κ1) is 24.6. The van der Waals surface area contributed by atoms with E-state index in [4.69, 9.17) is 22.1 Å². The Labute approximate surface area is 209 Å². The number of nitrogens with zero attached hydrogens (tertiary/aromatic N) is 4. The van der Waals surface area contributed by atoms with Crippen LogP contribution in [0.3, 0.4) is 0 Å². The molecule has 192 valence electrons. The number of halogens is 4. The van der Waals surface area contributed by atoms with Gasteiger partial charge in [-0.1, -0.05) is 11.6 Å². The zero-order chi connectivity index (χ0) is 25.4. The van der Waals surface area contributed by atoms with Crippen molar-refractivity contribution in [3.8, 4) is 0 Å². The third kappa shape index (κ3) is 4.92. The molecule has 0 radical (unpaired) electrons. The molecule has 3 aromatic rings. The van der Waals surface area contributed by atoms with Gasteiger partial charge in [0.15, 0.2) is 11.5 Å². The summed E-state index contributed by atoms with van der Waals surface area (Å²) in [5.74, 6) is -1.78. The predicted molar refractivity (Wildman–Crippen MR) is 128 cm³/mol. The highest BCUT2D eigenvalue weighted by atomic mass is 35.5. The number of fused-ring (bicyclic) bond motifs is 1. The molecular formula is C23H25ClF3N7O2. The molecule has 1 saturated heterocycles. The van der Waals surface area contributed by atoms with Gasteiger partial charge in [0.2, 0.25) is 17.8 Å². The van der Waals surface area contributed by atoms with Gasteiger partial charge >= 0.3 is 0 Å². The van der Waals surface area contributed by atoms with E-state index in [2.05, 4.69) is 25.6 Å². The summed E-state index contributed by atoms with van der Waals surface area (Å²) in [7, 11) is 0. The quantitative estimate of drug-likeness (QED) is 0.441. The van der Waals surface area contributed by atoms with E-state index in [9.17, 15) is 18.0 Å². The molecule has 2 atom stereocenters. The lowest BCUT2D eigenvalue weighted by Crippen LogP contribution is -2.39. The maximum Gasteiger partial charge on any atom is 0.225 e. The zero-order valence-electron chi connectivity index (χ0n) is 19.2. The van der Waals surface area contributed by atoms with E-state index in [0.29, 0.717) is 49.9 Å². The van der Waals surface area contributed by atoms with Gasteiger partial charge in [0, 0.05) is 24.6 Å². The van der Waals surface area contributed by atoms with Gasteiger partial charge in [0.1, 0.15) is 17.5 Å². The van der Waals surface area contributed by atoms with Crippen molar-refractivity contribution in [3.05, 3.63) is 35.0 Å². The average molecular weight is 524 g/mol. The van der Waals surface area contributed by atoms with Crippen LogP contribution in [0.15, 0.2) is 18.3 Å². The molecule has 0 spiro atoms. The van der Waals surface area contributed by atoms with E-state index < -0.39 is 23.8 Å². The largest absolute Gasteiger partial charge is 0.378 e. The van der Waals surface area contributed by atoms with E-state index in [1.807, 2.05) is 0 Å². The molecule has 1 aliphatic carbocycles. The van der Waals surface area contributed by atoms with E-state index in [1.165, 1.54) is 6.20 Å². The minimum Gasteiger partial charge on any atom is -0.378 e. The van der Waals surface area contributed by atoms with Crippen molar-refractivity contribution in [3.63, 3.8) is 0 Å². The Kier molecular flexibility index (Phi) is 6.89. The first-order valence-corrected chi connectivity index (χ1v) is 12.1. The molecule has 2 aromatic heterocycles. The van der Waals surface area contributed by atoms with Crippen molar-refractivity contribution in [1.29, 1.82) is 0 Å². The van der Waals surface area contributed by atoms with E-state index in [1.54, 1.807) is 4.57 Å². The molecule has 13 heteroatoms. The number of nitrogens with two attached hydrogens (primary N) is 1. The summed E-state index contributed by atoms with van der Waals surface area (Å²) in [4.78, 5) is 25.1. The summed E-state index contributed by atoms with van der Waals surface area (Å²) in [6.07, 6.45) is 3.12. The van der Waals surface area contributed by atoms with E-state index in [0.717, 1.165) is 12.1 Å². The molecule has 3 heterocycles. The fraction of sp³-hybridized carbons (Fsp3) is 0.478. The summed E-state index contributed by atoms with van der Waals surface area (Å²) >= 11 is 6.11. The monoisotopic (exact) mass is 523 g/mol. The minimum atomic E-state index is -1.20. The van der Waals surface area contributed by atoms with E-state index >= 15 is 0 Å². The molecule has 1 saturated carbocycles. The van der Waals surface area contributed by atoms with Gasteiger partial charge in [0.05, 0.1) is 29.6 Å². The number of hydrogen-bond acceptors (Lipinski definition) is 7. The first-order valence-electron chi connectivity index (χ1n) is 11.7. The van der Waals surface area contributed by atoms with Crippen LogP contribution in [0, 0.1) is 17.6 Å². The summed E-state index contributed by atoms with van der Waals surface area (Å²) in [5.41, 5.74) is 6.23. The standard InChI is InChI=1S/C23H25ClF3N7O2/c24-14-7-12(25)8-15(26)19(14)32-23-31-18-9-29-22(30-17-5-6-36-10-16(17)27)33-21(18)34(23)13-3-1-11(2-4-13)20(28)35/h7-9,11,13,16-17H,1-6,10H2,(H2,28,35)(H,31,32)(H,29,30,33)/t11?,13?,16-,17+/m1/s1. The fourth-order valence-electron chi connectivity index (χ4n) is 4.82. The molecule has 5 rings (SSSR count).